The quantitative estimate of drug-likeness (QED) is 0.669. The van der Waals surface area contributed by atoms with E-state index in [1.165, 1.54) is 0 Å². The molecule has 0 radical (unpaired) electrons. The lowest BCUT2D eigenvalue weighted by Gasteiger charge is -2.14. The van der Waals surface area contributed by atoms with E-state index in [0.29, 0.717) is 12.1 Å². The fourth-order valence-corrected chi connectivity index (χ4v) is 1.12. The van der Waals surface area contributed by atoms with E-state index in [1.807, 2.05) is 20.8 Å². The number of rotatable bonds is 4. The third-order valence-electron chi connectivity index (χ3n) is 1.93. The fourth-order valence-electron chi connectivity index (χ4n) is 1.12. The number of allylic oxidation sites excluding steroid dienone is 4. The third-order valence-corrected chi connectivity index (χ3v) is 1.93. The van der Waals surface area contributed by atoms with Crippen molar-refractivity contribution in [2.45, 2.75) is 40.3 Å². The zero-order chi connectivity index (χ0) is 10.4. The Bertz CT molecular complexity index is 200. The Kier molecular flexibility index (Phi) is 5.44. The van der Waals surface area contributed by atoms with Crippen molar-refractivity contribution in [3.05, 3.63) is 23.4 Å². The Balaban J connectivity index is 4.60. The van der Waals surface area contributed by atoms with Crippen molar-refractivity contribution in [1.82, 2.24) is 0 Å². The zero-order valence-corrected chi connectivity index (χ0v) is 8.97. The first-order valence-electron chi connectivity index (χ1n) is 4.76. The van der Waals surface area contributed by atoms with Crippen molar-refractivity contribution in [3.63, 3.8) is 0 Å². The monoisotopic (exact) mass is 185 g/mol. The van der Waals surface area contributed by atoms with Crippen LogP contribution in [0.3, 0.4) is 0 Å². The smallest absolute Gasteiger partial charge is 0.121 e. The van der Waals surface area contributed by atoms with E-state index in [-0.39, 0.29) is 5.92 Å². The maximum atomic E-state index is 13.4. The van der Waals surface area contributed by atoms with E-state index in [0.717, 1.165) is 5.57 Å². The van der Waals surface area contributed by atoms with Crippen LogP contribution in [0.2, 0.25) is 0 Å². The van der Waals surface area contributed by atoms with Crippen LogP contribution in [0.4, 0.5) is 4.39 Å². The molecular formula is C11H20FN. The molecule has 0 aromatic heterocycles. The first kappa shape index (κ1) is 12.2. The number of nitrogens with two attached hydrogens (primary N) is 1. The Morgan fingerprint density at radius 2 is 1.92 bits per heavy atom. The van der Waals surface area contributed by atoms with Gasteiger partial charge in [0.1, 0.15) is 6.17 Å². The minimum absolute atomic E-state index is 0.241. The molecule has 0 aromatic carbocycles. The van der Waals surface area contributed by atoms with Gasteiger partial charge in [0.05, 0.1) is 0 Å². The van der Waals surface area contributed by atoms with Gasteiger partial charge in [-0.2, -0.15) is 0 Å². The Morgan fingerprint density at radius 3 is 2.23 bits per heavy atom. The summed E-state index contributed by atoms with van der Waals surface area (Å²) in [5.74, 6) is 0.241. The largest absolute Gasteiger partial charge is 0.402 e. The van der Waals surface area contributed by atoms with Gasteiger partial charge in [0.15, 0.2) is 0 Å². The van der Waals surface area contributed by atoms with E-state index in [1.54, 1.807) is 19.1 Å². The van der Waals surface area contributed by atoms with Crippen LogP contribution in [0.15, 0.2) is 23.4 Å². The summed E-state index contributed by atoms with van der Waals surface area (Å²) in [4.78, 5) is 0. The van der Waals surface area contributed by atoms with E-state index < -0.39 is 6.17 Å². The molecule has 0 spiro atoms. The van der Waals surface area contributed by atoms with Gasteiger partial charge in [-0.15, -0.1) is 0 Å². The Morgan fingerprint density at radius 1 is 1.38 bits per heavy atom. The summed E-state index contributed by atoms with van der Waals surface area (Å²) in [5.41, 5.74) is 7.01. The normalized spacial score (nSPS) is 16.5. The highest BCUT2D eigenvalue weighted by atomic mass is 19.1. The number of hydrogen-bond acceptors (Lipinski definition) is 1. The lowest BCUT2D eigenvalue weighted by Crippen LogP contribution is -2.08. The molecule has 2 N–H and O–H groups in total. The molecule has 1 unspecified atom stereocenters. The maximum Gasteiger partial charge on any atom is 0.121 e. The lowest BCUT2D eigenvalue weighted by molar-refractivity contribution is 0.350. The van der Waals surface area contributed by atoms with Crippen LogP contribution in [0.25, 0.3) is 0 Å². The van der Waals surface area contributed by atoms with Gasteiger partial charge in [-0.25, -0.2) is 4.39 Å². The highest BCUT2D eigenvalue weighted by Gasteiger charge is 2.12. The van der Waals surface area contributed by atoms with Crippen LogP contribution >= 0.6 is 0 Å². The minimum atomic E-state index is -0.837. The maximum absolute atomic E-state index is 13.4. The van der Waals surface area contributed by atoms with Gasteiger partial charge in [0.25, 0.3) is 0 Å². The standard InChI is InChI=1S/C11H20FN/c1-5-11(12)10(8(2)3)7-6-9(4)13/h6-8,11H,5,13H2,1-4H3/b9-6-,10-7-. The molecule has 2 heteroatoms. The topological polar surface area (TPSA) is 26.0 Å². The molecule has 0 fully saturated rings. The molecule has 0 aromatic rings. The Labute approximate surface area is 80.5 Å². The number of alkyl halides is 1. The Hall–Kier alpha value is -0.790. The summed E-state index contributed by atoms with van der Waals surface area (Å²) in [6, 6.07) is 0. The summed E-state index contributed by atoms with van der Waals surface area (Å²) in [6.07, 6.45) is 3.25. The first-order chi connectivity index (χ1) is 5.99. The third kappa shape index (κ3) is 4.71. The van der Waals surface area contributed by atoms with Crippen molar-refractivity contribution in [2.24, 2.45) is 11.7 Å². The van der Waals surface area contributed by atoms with Crippen LogP contribution in [-0.2, 0) is 0 Å². The lowest BCUT2D eigenvalue weighted by atomic mass is 9.96. The molecule has 76 valence electrons. The summed E-state index contributed by atoms with van der Waals surface area (Å²) >= 11 is 0. The van der Waals surface area contributed by atoms with Crippen LogP contribution in [-0.4, -0.2) is 6.17 Å². The molecule has 1 atom stereocenters. The van der Waals surface area contributed by atoms with Gasteiger partial charge in [-0.3, -0.25) is 0 Å². The fraction of sp³-hybridized carbons (Fsp3) is 0.636. The molecule has 0 saturated carbocycles. The van der Waals surface area contributed by atoms with Crippen molar-refractivity contribution in [2.75, 3.05) is 0 Å². The molecule has 0 amide bonds. The van der Waals surface area contributed by atoms with Gasteiger partial charge < -0.3 is 5.73 Å². The molecule has 0 aliphatic heterocycles. The second-order valence-electron chi connectivity index (χ2n) is 3.61. The van der Waals surface area contributed by atoms with Crippen molar-refractivity contribution >= 4 is 0 Å². The summed E-state index contributed by atoms with van der Waals surface area (Å²) in [7, 11) is 0. The SMILES string of the molecule is CCC(F)/C(=C\C=C(\C)N)C(C)C. The summed E-state index contributed by atoms with van der Waals surface area (Å²) in [5, 5.41) is 0. The molecular weight excluding hydrogens is 165 g/mol. The highest BCUT2D eigenvalue weighted by molar-refractivity contribution is 5.19. The van der Waals surface area contributed by atoms with Crippen LogP contribution in [0.1, 0.15) is 34.1 Å². The second-order valence-corrected chi connectivity index (χ2v) is 3.61. The van der Waals surface area contributed by atoms with Crippen molar-refractivity contribution in [1.29, 1.82) is 0 Å². The summed E-state index contributed by atoms with van der Waals surface area (Å²) < 4.78 is 13.4. The molecule has 0 aliphatic rings. The van der Waals surface area contributed by atoms with E-state index in [2.05, 4.69) is 0 Å². The molecule has 0 aliphatic carbocycles. The van der Waals surface area contributed by atoms with Gasteiger partial charge in [0, 0.05) is 5.70 Å². The second kappa shape index (κ2) is 5.79. The van der Waals surface area contributed by atoms with Gasteiger partial charge in [0.2, 0.25) is 0 Å². The minimum Gasteiger partial charge on any atom is -0.402 e. The van der Waals surface area contributed by atoms with E-state index in [9.17, 15) is 4.39 Å². The van der Waals surface area contributed by atoms with Crippen LogP contribution in [0, 0.1) is 5.92 Å². The number of halogens is 1. The van der Waals surface area contributed by atoms with Crippen molar-refractivity contribution < 1.29 is 4.39 Å². The predicted octanol–water partition coefficient (Wildman–Crippen LogP) is 3.18. The predicted molar refractivity (Wildman–Crippen MR) is 56.1 cm³/mol. The molecule has 0 bridgehead atoms. The van der Waals surface area contributed by atoms with Crippen LogP contribution < -0.4 is 5.73 Å². The average Bonchev–Trinajstić information content (AvgIpc) is 2.03. The highest BCUT2D eigenvalue weighted by Crippen LogP contribution is 2.19. The molecule has 1 nitrogen and oxygen atoms in total. The van der Waals surface area contributed by atoms with Gasteiger partial charge >= 0.3 is 0 Å². The van der Waals surface area contributed by atoms with Crippen molar-refractivity contribution in [3.8, 4) is 0 Å². The average molecular weight is 185 g/mol. The molecule has 0 heterocycles. The molecule has 0 rings (SSSR count). The van der Waals surface area contributed by atoms with Crippen LogP contribution in [0.5, 0.6) is 0 Å². The van der Waals surface area contributed by atoms with E-state index >= 15 is 0 Å². The van der Waals surface area contributed by atoms with E-state index in [4.69, 9.17) is 5.73 Å². The first-order valence-corrected chi connectivity index (χ1v) is 4.76. The zero-order valence-electron chi connectivity index (χ0n) is 8.97. The summed E-state index contributed by atoms with van der Waals surface area (Å²) in [6.45, 7) is 7.63. The molecule has 13 heavy (non-hydrogen) atoms. The van der Waals surface area contributed by atoms with Gasteiger partial charge in [-0.05, 0) is 30.9 Å². The molecule has 0 saturated heterocycles. The number of hydrogen-bond donors (Lipinski definition) is 1. The van der Waals surface area contributed by atoms with Gasteiger partial charge in [-0.1, -0.05) is 26.8 Å².